The molecular formula is C12H25N. The van der Waals surface area contributed by atoms with E-state index in [2.05, 4.69) is 25.7 Å². The molecule has 0 radical (unpaired) electrons. The van der Waals surface area contributed by atoms with Crippen molar-refractivity contribution in [2.45, 2.75) is 46.5 Å². The molecule has 0 aliphatic carbocycles. The minimum absolute atomic E-state index is 0.836. The van der Waals surface area contributed by atoms with Crippen molar-refractivity contribution in [1.82, 2.24) is 4.90 Å². The molecule has 78 valence electrons. The number of rotatable bonds is 4. The van der Waals surface area contributed by atoms with Crippen LogP contribution < -0.4 is 0 Å². The van der Waals surface area contributed by atoms with Gasteiger partial charge in [-0.2, -0.15) is 0 Å². The van der Waals surface area contributed by atoms with Crippen LogP contribution in [0, 0.1) is 11.8 Å². The second-order valence-electron chi connectivity index (χ2n) is 4.93. The lowest BCUT2D eigenvalue weighted by Gasteiger charge is -2.32. The molecule has 1 aliphatic rings. The van der Waals surface area contributed by atoms with Gasteiger partial charge in [0, 0.05) is 6.54 Å². The van der Waals surface area contributed by atoms with Gasteiger partial charge in [0.25, 0.3) is 0 Å². The third-order valence-electron chi connectivity index (χ3n) is 3.03. The van der Waals surface area contributed by atoms with Crippen LogP contribution in [0.2, 0.25) is 0 Å². The van der Waals surface area contributed by atoms with Gasteiger partial charge < -0.3 is 4.90 Å². The quantitative estimate of drug-likeness (QED) is 0.647. The molecule has 0 aromatic carbocycles. The van der Waals surface area contributed by atoms with Crippen molar-refractivity contribution in [2.75, 3.05) is 19.6 Å². The predicted octanol–water partition coefficient (Wildman–Crippen LogP) is 3.15. The maximum absolute atomic E-state index is 2.64. The Morgan fingerprint density at radius 2 is 1.85 bits per heavy atom. The SMILES string of the molecule is CCCC1CCN(CC(C)C)CC1. The molecule has 0 aromatic heterocycles. The summed E-state index contributed by atoms with van der Waals surface area (Å²) in [6.45, 7) is 10.9. The molecule has 0 spiro atoms. The molecule has 1 saturated heterocycles. The normalized spacial score (nSPS) is 21.2. The lowest BCUT2D eigenvalue weighted by molar-refractivity contribution is 0.163. The topological polar surface area (TPSA) is 3.24 Å². The van der Waals surface area contributed by atoms with Gasteiger partial charge in [-0.15, -0.1) is 0 Å². The molecule has 1 rings (SSSR count). The average Bonchev–Trinajstić information content (AvgIpc) is 2.08. The van der Waals surface area contributed by atoms with Crippen LogP contribution in [0.25, 0.3) is 0 Å². The minimum Gasteiger partial charge on any atom is -0.303 e. The zero-order valence-electron chi connectivity index (χ0n) is 9.55. The number of piperidine rings is 1. The Labute approximate surface area is 83.5 Å². The Morgan fingerprint density at radius 1 is 1.23 bits per heavy atom. The summed E-state index contributed by atoms with van der Waals surface area (Å²) in [6, 6.07) is 0. The minimum atomic E-state index is 0.836. The number of likely N-dealkylation sites (tertiary alicyclic amines) is 1. The Balaban J connectivity index is 2.15. The Morgan fingerprint density at radius 3 is 2.31 bits per heavy atom. The molecule has 0 atom stereocenters. The first kappa shape index (κ1) is 11.0. The Bertz CT molecular complexity index is 123. The Kier molecular flexibility index (Phi) is 4.79. The summed E-state index contributed by atoms with van der Waals surface area (Å²) < 4.78 is 0. The number of nitrogens with zero attached hydrogens (tertiary/aromatic N) is 1. The van der Waals surface area contributed by atoms with Gasteiger partial charge in [0.1, 0.15) is 0 Å². The van der Waals surface area contributed by atoms with Crippen LogP contribution in [0.4, 0.5) is 0 Å². The molecule has 1 aliphatic heterocycles. The molecule has 1 heterocycles. The average molecular weight is 183 g/mol. The summed E-state index contributed by atoms with van der Waals surface area (Å²) in [6.07, 6.45) is 5.71. The van der Waals surface area contributed by atoms with Crippen molar-refractivity contribution in [3.05, 3.63) is 0 Å². The fraction of sp³-hybridized carbons (Fsp3) is 1.00. The molecule has 13 heavy (non-hydrogen) atoms. The molecular weight excluding hydrogens is 158 g/mol. The summed E-state index contributed by atoms with van der Waals surface area (Å²) in [5.74, 6) is 1.87. The van der Waals surface area contributed by atoms with E-state index in [9.17, 15) is 0 Å². The van der Waals surface area contributed by atoms with Gasteiger partial charge in [-0.1, -0.05) is 33.6 Å². The van der Waals surface area contributed by atoms with Crippen molar-refractivity contribution in [3.8, 4) is 0 Å². The Hall–Kier alpha value is -0.0400. The zero-order valence-corrected chi connectivity index (χ0v) is 9.55. The van der Waals surface area contributed by atoms with Crippen molar-refractivity contribution < 1.29 is 0 Å². The third kappa shape index (κ3) is 4.12. The van der Waals surface area contributed by atoms with E-state index in [1.807, 2.05) is 0 Å². The van der Waals surface area contributed by atoms with Crippen molar-refractivity contribution >= 4 is 0 Å². The first-order valence-electron chi connectivity index (χ1n) is 5.94. The van der Waals surface area contributed by atoms with Gasteiger partial charge >= 0.3 is 0 Å². The van der Waals surface area contributed by atoms with Gasteiger partial charge in [-0.3, -0.25) is 0 Å². The van der Waals surface area contributed by atoms with Crippen molar-refractivity contribution in [2.24, 2.45) is 11.8 Å². The highest BCUT2D eigenvalue weighted by Gasteiger charge is 2.18. The molecule has 0 bridgehead atoms. The lowest BCUT2D eigenvalue weighted by atomic mass is 9.92. The van der Waals surface area contributed by atoms with Gasteiger partial charge in [-0.25, -0.2) is 0 Å². The summed E-state index contributed by atoms with van der Waals surface area (Å²) in [4.78, 5) is 2.64. The van der Waals surface area contributed by atoms with Gasteiger partial charge in [-0.05, 0) is 37.8 Å². The van der Waals surface area contributed by atoms with E-state index in [0.29, 0.717) is 0 Å². The second-order valence-corrected chi connectivity index (χ2v) is 4.93. The molecule has 1 heteroatoms. The van der Waals surface area contributed by atoms with Crippen LogP contribution in [0.5, 0.6) is 0 Å². The van der Waals surface area contributed by atoms with E-state index in [0.717, 1.165) is 11.8 Å². The zero-order chi connectivity index (χ0) is 9.68. The largest absolute Gasteiger partial charge is 0.303 e. The lowest BCUT2D eigenvalue weighted by Crippen LogP contribution is -2.36. The van der Waals surface area contributed by atoms with Crippen LogP contribution in [-0.2, 0) is 0 Å². The van der Waals surface area contributed by atoms with Crippen LogP contribution in [0.15, 0.2) is 0 Å². The summed E-state index contributed by atoms with van der Waals surface area (Å²) in [5, 5.41) is 0. The summed E-state index contributed by atoms with van der Waals surface area (Å²) in [5.41, 5.74) is 0. The summed E-state index contributed by atoms with van der Waals surface area (Å²) >= 11 is 0. The monoisotopic (exact) mass is 183 g/mol. The highest BCUT2D eigenvalue weighted by atomic mass is 15.1. The number of hydrogen-bond donors (Lipinski definition) is 0. The van der Waals surface area contributed by atoms with E-state index in [-0.39, 0.29) is 0 Å². The van der Waals surface area contributed by atoms with E-state index in [1.54, 1.807) is 0 Å². The molecule has 0 saturated carbocycles. The highest BCUT2D eigenvalue weighted by Crippen LogP contribution is 2.21. The standard InChI is InChI=1S/C12H25N/c1-4-5-12-6-8-13(9-7-12)10-11(2)3/h11-12H,4-10H2,1-3H3. The molecule has 0 amide bonds. The van der Waals surface area contributed by atoms with Gasteiger partial charge in [0.15, 0.2) is 0 Å². The van der Waals surface area contributed by atoms with Gasteiger partial charge in [0.2, 0.25) is 0 Å². The molecule has 0 aromatic rings. The van der Waals surface area contributed by atoms with Crippen molar-refractivity contribution in [3.63, 3.8) is 0 Å². The van der Waals surface area contributed by atoms with E-state index in [4.69, 9.17) is 0 Å². The van der Waals surface area contributed by atoms with Crippen LogP contribution >= 0.6 is 0 Å². The maximum atomic E-state index is 2.64. The third-order valence-corrected chi connectivity index (χ3v) is 3.03. The van der Waals surface area contributed by atoms with E-state index in [1.165, 1.54) is 45.3 Å². The van der Waals surface area contributed by atoms with Gasteiger partial charge in [0.05, 0.1) is 0 Å². The van der Waals surface area contributed by atoms with Crippen LogP contribution in [0.3, 0.4) is 0 Å². The van der Waals surface area contributed by atoms with E-state index < -0.39 is 0 Å². The molecule has 1 fully saturated rings. The van der Waals surface area contributed by atoms with Crippen LogP contribution in [-0.4, -0.2) is 24.5 Å². The highest BCUT2D eigenvalue weighted by molar-refractivity contribution is 4.72. The predicted molar refractivity (Wildman–Crippen MR) is 58.9 cm³/mol. The molecule has 1 nitrogen and oxygen atoms in total. The summed E-state index contributed by atoms with van der Waals surface area (Å²) in [7, 11) is 0. The second kappa shape index (κ2) is 5.64. The maximum Gasteiger partial charge on any atom is 0.000439 e. The molecule has 0 unspecified atom stereocenters. The number of hydrogen-bond acceptors (Lipinski definition) is 1. The molecule has 0 N–H and O–H groups in total. The fourth-order valence-corrected chi connectivity index (χ4v) is 2.38. The first-order valence-corrected chi connectivity index (χ1v) is 5.94. The van der Waals surface area contributed by atoms with Crippen molar-refractivity contribution in [1.29, 1.82) is 0 Å². The first-order chi connectivity index (χ1) is 6.22. The fourth-order valence-electron chi connectivity index (χ4n) is 2.38. The van der Waals surface area contributed by atoms with Crippen LogP contribution in [0.1, 0.15) is 46.5 Å². The van der Waals surface area contributed by atoms with E-state index >= 15 is 0 Å². The smallest absolute Gasteiger partial charge is 0.000439 e.